The smallest absolute Gasteiger partial charge is 0.222 e. The summed E-state index contributed by atoms with van der Waals surface area (Å²) in [5, 5.41) is 10.8. The van der Waals surface area contributed by atoms with Crippen LogP contribution in [0.4, 0.5) is 0 Å². The van der Waals surface area contributed by atoms with Gasteiger partial charge in [-0.25, -0.2) is 0 Å². The Hall–Kier alpha value is -0.690. The van der Waals surface area contributed by atoms with Crippen LogP contribution in [0.1, 0.15) is 52.9 Å². The van der Waals surface area contributed by atoms with Crippen LogP contribution in [-0.4, -0.2) is 57.9 Å². The van der Waals surface area contributed by atoms with E-state index >= 15 is 0 Å². The maximum absolute atomic E-state index is 12.0. The SMILES string of the molecule is CC(=O)N1[C@@H]2[C@H](O)[C@H]3OC4(CCCCC4)O[C@H]3[C@@H]2OC1(C)C. The van der Waals surface area contributed by atoms with Gasteiger partial charge in [0.15, 0.2) is 5.79 Å². The van der Waals surface area contributed by atoms with Crippen LogP contribution in [-0.2, 0) is 19.0 Å². The monoisotopic (exact) mass is 311 g/mol. The largest absolute Gasteiger partial charge is 0.388 e. The van der Waals surface area contributed by atoms with Gasteiger partial charge < -0.3 is 24.2 Å². The van der Waals surface area contributed by atoms with Crippen molar-refractivity contribution in [3.8, 4) is 0 Å². The second kappa shape index (κ2) is 4.66. The molecule has 2 saturated carbocycles. The van der Waals surface area contributed by atoms with E-state index in [1.165, 1.54) is 13.3 Å². The number of carbonyl (C=O) groups is 1. The Kier molecular flexibility index (Phi) is 3.15. The quantitative estimate of drug-likeness (QED) is 0.727. The number of fused-ring (bicyclic) bond motifs is 3. The van der Waals surface area contributed by atoms with Crippen LogP contribution in [0.25, 0.3) is 0 Å². The highest BCUT2D eigenvalue weighted by Crippen LogP contribution is 2.51. The van der Waals surface area contributed by atoms with E-state index in [-0.39, 0.29) is 24.2 Å². The summed E-state index contributed by atoms with van der Waals surface area (Å²) in [5.41, 5.74) is -0.723. The third-order valence-electron chi connectivity index (χ3n) is 5.63. The molecule has 0 bridgehead atoms. The Morgan fingerprint density at radius 3 is 2.32 bits per heavy atom. The molecule has 1 spiro atoms. The minimum atomic E-state index is -0.762. The minimum absolute atomic E-state index is 0.0936. The van der Waals surface area contributed by atoms with Crippen LogP contribution in [0, 0.1) is 0 Å². The lowest BCUT2D eigenvalue weighted by atomic mass is 9.94. The Labute approximate surface area is 130 Å². The van der Waals surface area contributed by atoms with Gasteiger partial charge in [-0.15, -0.1) is 0 Å². The van der Waals surface area contributed by atoms with Gasteiger partial charge in [-0.05, 0) is 26.7 Å². The molecule has 22 heavy (non-hydrogen) atoms. The van der Waals surface area contributed by atoms with Gasteiger partial charge in [-0.1, -0.05) is 6.42 Å². The summed E-state index contributed by atoms with van der Waals surface area (Å²) in [6.45, 7) is 5.24. The van der Waals surface area contributed by atoms with Crippen LogP contribution < -0.4 is 0 Å². The Bertz CT molecular complexity index is 487. The molecule has 1 amide bonds. The van der Waals surface area contributed by atoms with Gasteiger partial charge in [0.2, 0.25) is 5.91 Å². The first-order valence-corrected chi connectivity index (χ1v) is 8.36. The number of hydrogen-bond donors (Lipinski definition) is 1. The van der Waals surface area contributed by atoms with E-state index in [1.807, 2.05) is 13.8 Å². The number of aliphatic hydroxyl groups excluding tert-OH is 1. The number of amides is 1. The average Bonchev–Trinajstić information content (AvgIpc) is 3.00. The molecule has 124 valence electrons. The summed E-state index contributed by atoms with van der Waals surface area (Å²) in [6, 6.07) is -0.386. The van der Waals surface area contributed by atoms with Gasteiger partial charge >= 0.3 is 0 Å². The van der Waals surface area contributed by atoms with E-state index in [4.69, 9.17) is 14.2 Å². The average molecular weight is 311 g/mol. The fraction of sp³-hybridized carbons (Fsp3) is 0.938. The molecular weight excluding hydrogens is 286 g/mol. The van der Waals surface area contributed by atoms with Gasteiger partial charge in [-0.2, -0.15) is 0 Å². The lowest BCUT2D eigenvalue weighted by Crippen LogP contribution is -2.52. The van der Waals surface area contributed by atoms with Crippen molar-refractivity contribution in [2.75, 3.05) is 0 Å². The third-order valence-corrected chi connectivity index (χ3v) is 5.63. The van der Waals surface area contributed by atoms with Crippen molar-refractivity contribution in [3.05, 3.63) is 0 Å². The molecule has 0 aromatic heterocycles. The predicted molar refractivity (Wildman–Crippen MR) is 76.8 cm³/mol. The highest BCUT2D eigenvalue weighted by molar-refractivity contribution is 5.75. The molecule has 6 heteroatoms. The van der Waals surface area contributed by atoms with Gasteiger partial charge in [0.25, 0.3) is 0 Å². The number of hydrogen-bond acceptors (Lipinski definition) is 5. The molecule has 2 aliphatic carbocycles. The minimum Gasteiger partial charge on any atom is -0.388 e. The van der Waals surface area contributed by atoms with Crippen molar-refractivity contribution in [2.24, 2.45) is 0 Å². The number of carbonyl (C=O) groups excluding carboxylic acids is 1. The molecule has 4 fully saturated rings. The molecule has 4 rings (SSSR count). The van der Waals surface area contributed by atoms with Crippen molar-refractivity contribution in [3.63, 3.8) is 0 Å². The van der Waals surface area contributed by atoms with Gasteiger partial charge in [0.1, 0.15) is 30.1 Å². The number of aliphatic hydroxyl groups is 1. The van der Waals surface area contributed by atoms with Crippen LogP contribution >= 0.6 is 0 Å². The summed E-state index contributed by atoms with van der Waals surface area (Å²) >= 11 is 0. The standard InChI is InChI=1S/C16H25NO5/c1-9(18)17-10-11(19)13-14(12(10)20-15(17,2)3)22-16(21-13)7-5-4-6-8-16/h10-14,19H,4-8H2,1-3H3/t10-,11+,12-,13-,14+/m1/s1. The molecule has 0 aromatic carbocycles. The lowest BCUT2D eigenvalue weighted by molar-refractivity contribution is -0.215. The van der Waals surface area contributed by atoms with E-state index in [0.717, 1.165) is 25.7 Å². The molecule has 4 aliphatic rings. The first kappa shape index (κ1) is 14.9. The van der Waals surface area contributed by atoms with E-state index in [2.05, 4.69) is 0 Å². The normalized spacial score (nSPS) is 45.1. The van der Waals surface area contributed by atoms with E-state index in [1.54, 1.807) is 4.90 Å². The summed E-state index contributed by atoms with van der Waals surface area (Å²) in [5.74, 6) is -0.639. The first-order chi connectivity index (χ1) is 10.3. The van der Waals surface area contributed by atoms with E-state index in [9.17, 15) is 9.90 Å². The van der Waals surface area contributed by atoms with Crippen LogP contribution in [0.2, 0.25) is 0 Å². The van der Waals surface area contributed by atoms with Crippen molar-refractivity contribution < 1.29 is 24.1 Å². The highest BCUT2D eigenvalue weighted by Gasteiger charge is 2.68. The molecule has 1 N–H and O–H groups in total. The zero-order valence-electron chi connectivity index (χ0n) is 13.4. The molecular formula is C16H25NO5. The summed E-state index contributed by atoms with van der Waals surface area (Å²) in [7, 11) is 0. The Morgan fingerprint density at radius 2 is 1.68 bits per heavy atom. The fourth-order valence-corrected chi connectivity index (χ4v) is 4.86. The summed E-state index contributed by atoms with van der Waals surface area (Å²) < 4.78 is 18.5. The van der Waals surface area contributed by atoms with E-state index < -0.39 is 23.7 Å². The Morgan fingerprint density at radius 1 is 1.05 bits per heavy atom. The maximum atomic E-state index is 12.0. The zero-order valence-corrected chi connectivity index (χ0v) is 13.4. The van der Waals surface area contributed by atoms with Crippen molar-refractivity contribution in [1.82, 2.24) is 4.90 Å². The highest BCUT2D eigenvalue weighted by atomic mass is 16.8. The van der Waals surface area contributed by atoms with Crippen LogP contribution in [0.3, 0.4) is 0 Å². The predicted octanol–water partition coefficient (Wildman–Crippen LogP) is 1.16. The van der Waals surface area contributed by atoms with Gasteiger partial charge in [0.05, 0.1) is 6.04 Å². The fourth-order valence-electron chi connectivity index (χ4n) is 4.86. The second-order valence-corrected chi connectivity index (χ2v) is 7.54. The molecule has 0 unspecified atom stereocenters. The van der Waals surface area contributed by atoms with Crippen molar-refractivity contribution in [1.29, 1.82) is 0 Å². The van der Waals surface area contributed by atoms with Crippen molar-refractivity contribution in [2.45, 2.75) is 94.8 Å². The summed E-state index contributed by atoms with van der Waals surface area (Å²) in [4.78, 5) is 13.7. The van der Waals surface area contributed by atoms with Crippen LogP contribution in [0.5, 0.6) is 0 Å². The molecule has 2 saturated heterocycles. The number of rotatable bonds is 0. The third kappa shape index (κ3) is 1.90. The molecule has 2 heterocycles. The first-order valence-electron chi connectivity index (χ1n) is 8.36. The van der Waals surface area contributed by atoms with Crippen LogP contribution in [0.15, 0.2) is 0 Å². The molecule has 2 aliphatic heterocycles. The van der Waals surface area contributed by atoms with Gasteiger partial charge in [0, 0.05) is 19.8 Å². The van der Waals surface area contributed by atoms with E-state index in [0.29, 0.717) is 0 Å². The molecule has 5 atom stereocenters. The molecule has 6 nitrogen and oxygen atoms in total. The van der Waals surface area contributed by atoms with Crippen molar-refractivity contribution >= 4 is 5.91 Å². The lowest BCUT2D eigenvalue weighted by Gasteiger charge is -2.36. The molecule has 0 radical (unpaired) electrons. The second-order valence-electron chi connectivity index (χ2n) is 7.54. The molecule has 0 aromatic rings. The maximum Gasteiger partial charge on any atom is 0.222 e. The summed E-state index contributed by atoms with van der Waals surface area (Å²) in [6.07, 6.45) is 3.38. The van der Waals surface area contributed by atoms with Gasteiger partial charge in [-0.3, -0.25) is 4.79 Å². The number of nitrogens with zero attached hydrogens (tertiary/aromatic N) is 1. The number of ether oxygens (including phenoxy) is 3. The Balaban J connectivity index is 1.62. The topological polar surface area (TPSA) is 68.2 Å². The zero-order chi connectivity index (χ0) is 15.7.